The van der Waals surface area contributed by atoms with Crippen molar-refractivity contribution in [2.24, 2.45) is 5.92 Å². The van der Waals surface area contributed by atoms with Crippen LogP contribution in [0.5, 0.6) is 5.75 Å². The molecule has 1 unspecified atom stereocenters. The Morgan fingerprint density at radius 1 is 1.50 bits per heavy atom. The Labute approximate surface area is 107 Å². The summed E-state index contributed by atoms with van der Waals surface area (Å²) in [5, 5.41) is 18.6. The SMILES string of the molecule is CCN(Cc1nc(C)ccc1O)CC(C)C(=O)O. The fraction of sp³-hybridized carbons (Fsp3) is 0.538. The molecule has 1 heterocycles. The van der Waals surface area contributed by atoms with E-state index >= 15 is 0 Å². The summed E-state index contributed by atoms with van der Waals surface area (Å²) in [5.41, 5.74) is 1.43. The zero-order chi connectivity index (χ0) is 13.7. The minimum atomic E-state index is -0.810. The van der Waals surface area contributed by atoms with Crippen molar-refractivity contribution in [2.45, 2.75) is 27.3 Å². The molecule has 0 saturated heterocycles. The Morgan fingerprint density at radius 2 is 2.17 bits per heavy atom. The second kappa shape index (κ2) is 6.35. The van der Waals surface area contributed by atoms with Crippen molar-refractivity contribution in [2.75, 3.05) is 13.1 Å². The van der Waals surface area contributed by atoms with Crippen LogP contribution in [0, 0.1) is 12.8 Å². The van der Waals surface area contributed by atoms with Gasteiger partial charge in [-0.2, -0.15) is 0 Å². The van der Waals surface area contributed by atoms with E-state index in [0.29, 0.717) is 25.3 Å². The molecule has 18 heavy (non-hydrogen) atoms. The molecule has 1 atom stereocenters. The third kappa shape index (κ3) is 4.00. The molecule has 0 aromatic carbocycles. The number of hydrogen-bond donors (Lipinski definition) is 2. The van der Waals surface area contributed by atoms with Crippen molar-refractivity contribution in [3.05, 3.63) is 23.5 Å². The maximum absolute atomic E-state index is 10.8. The first kappa shape index (κ1) is 14.4. The van der Waals surface area contributed by atoms with Crippen LogP contribution in [0.4, 0.5) is 0 Å². The number of nitrogens with zero attached hydrogens (tertiary/aromatic N) is 2. The zero-order valence-corrected chi connectivity index (χ0v) is 11.1. The molecule has 0 amide bonds. The van der Waals surface area contributed by atoms with E-state index in [1.807, 2.05) is 18.7 Å². The van der Waals surface area contributed by atoms with Crippen molar-refractivity contribution in [3.63, 3.8) is 0 Å². The van der Waals surface area contributed by atoms with E-state index in [0.717, 1.165) is 5.69 Å². The van der Waals surface area contributed by atoms with E-state index in [-0.39, 0.29) is 5.75 Å². The largest absolute Gasteiger partial charge is 0.506 e. The fourth-order valence-electron chi connectivity index (χ4n) is 1.70. The summed E-state index contributed by atoms with van der Waals surface area (Å²) < 4.78 is 0. The van der Waals surface area contributed by atoms with Gasteiger partial charge in [0.15, 0.2) is 0 Å². The average molecular weight is 252 g/mol. The standard InChI is InChI=1S/C13H20N2O3/c1-4-15(7-9(2)13(17)18)8-11-12(16)6-5-10(3)14-11/h5-6,9,16H,4,7-8H2,1-3H3,(H,17,18). The summed E-state index contributed by atoms with van der Waals surface area (Å²) in [4.78, 5) is 17.1. The number of aliphatic carboxylic acids is 1. The number of aromatic hydroxyl groups is 1. The van der Waals surface area contributed by atoms with Gasteiger partial charge in [0.1, 0.15) is 5.75 Å². The van der Waals surface area contributed by atoms with Gasteiger partial charge in [0.25, 0.3) is 0 Å². The van der Waals surface area contributed by atoms with Gasteiger partial charge < -0.3 is 10.2 Å². The first-order valence-corrected chi connectivity index (χ1v) is 6.04. The average Bonchev–Trinajstić information content (AvgIpc) is 2.32. The molecule has 1 aromatic heterocycles. The van der Waals surface area contributed by atoms with Crippen LogP contribution in [0.3, 0.4) is 0 Å². The Kier molecular flexibility index (Phi) is 5.09. The van der Waals surface area contributed by atoms with E-state index in [9.17, 15) is 9.90 Å². The van der Waals surface area contributed by atoms with Crippen molar-refractivity contribution in [1.82, 2.24) is 9.88 Å². The molecule has 2 N–H and O–H groups in total. The van der Waals surface area contributed by atoms with Crippen LogP contribution in [-0.2, 0) is 11.3 Å². The van der Waals surface area contributed by atoms with Crippen LogP contribution in [0.25, 0.3) is 0 Å². The molecule has 5 nitrogen and oxygen atoms in total. The molecule has 0 aliphatic heterocycles. The Bertz CT molecular complexity index is 421. The zero-order valence-electron chi connectivity index (χ0n) is 11.1. The Morgan fingerprint density at radius 3 is 2.72 bits per heavy atom. The number of carboxylic acids is 1. The van der Waals surface area contributed by atoms with Crippen LogP contribution < -0.4 is 0 Å². The minimum Gasteiger partial charge on any atom is -0.506 e. The Balaban J connectivity index is 2.73. The molecule has 0 bridgehead atoms. The maximum atomic E-state index is 10.8. The summed E-state index contributed by atoms with van der Waals surface area (Å²) >= 11 is 0. The summed E-state index contributed by atoms with van der Waals surface area (Å²) in [6.45, 7) is 7.12. The second-order valence-corrected chi connectivity index (χ2v) is 4.49. The lowest BCUT2D eigenvalue weighted by molar-refractivity contribution is -0.141. The van der Waals surface area contributed by atoms with Crippen LogP contribution in [0.2, 0.25) is 0 Å². The quantitative estimate of drug-likeness (QED) is 0.805. The van der Waals surface area contributed by atoms with Gasteiger partial charge in [0.05, 0.1) is 11.6 Å². The third-order valence-electron chi connectivity index (χ3n) is 2.86. The molecule has 0 radical (unpaired) electrons. The van der Waals surface area contributed by atoms with Gasteiger partial charge in [-0.05, 0) is 25.6 Å². The van der Waals surface area contributed by atoms with Crippen molar-refractivity contribution in [1.29, 1.82) is 0 Å². The third-order valence-corrected chi connectivity index (χ3v) is 2.86. The lowest BCUT2D eigenvalue weighted by Gasteiger charge is -2.22. The maximum Gasteiger partial charge on any atom is 0.307 e. The van der Waals surface area contributed by atoms with Crippen molar-refractivity contribution in [3.8, 4) is 5.75 Å². The van der Waals surface area contributed by atoms with Crippen LogP contribution in [0.15, 0.2) is 12.1 Å². The highest BCUT2D eigenvalue weighted by Crippen LogP contribution is 2.17. The highest BCUT2D eigenvalue weighted by atomic mass is 16.4. The highest BCUT2D eigenvalue weighted by Gasteiger charge is 2.16. The predicted octanol–water partition coefficient (Wildman–Crippen LogP) is 1.64. The monoisotopic (exact) mass is 252 g/mol. The summed E-state index contributed by atoms with van der Waals surface area (Å²) in [6.07, 6.45) is 0. The molecule has 0 saturated carbocycles. The van der Waals surface area contributed by atoms with Gasteiger partial charge in [-0.15, -0.1) is 0 Å². The van der Waals surface area contributed by atoms with Gasteiger partial charge in [-0.3, -0.25) is 14.7 Å². The summed E-state index contributed by atoms with van der Waals surface area (Å²) in [7, 11) is 0. The van der Waals surface area contributed by atoms with Crippen LogP contribution in [-0.4, -0.2) is 39.2 Å². The van der Waals surface area contributed by atoms with E-state index in [2.05, 4.69) is 4.98 Å². The van der Waals surface area contributed by atoms with Crippen LogP contribution >= 0.6 is 0 Å². The van der Waals surface area contributed by atoms with Crippen molar-refractivity contribution < 1.29 is 15.0 Å². The smallest absolute Gasteiger partial charge is 0.307 e. The number of aromatic nitrogens is 1. The summed E-state index contributed by atoms with van der Waals surface area (Å²) in [6, 6.07) is 3.36. The molecule has 0 fully saturated rings. The van der Waals surface area contributed by atoms with Crippen LogP contribution in [0.1, 0.15) is 25.2 Å². The number of rotatable bonds is 6. The summed E-state index contributed by atoms with van der Waals surface area (Å²) in [5.74, 6) is -1.09. The lowest BCUT2D eigenvalue weighted by atomic mass is 10.1. The minimum absolute atomic E-state index is 0.155. The van der Waals surface area contributed by atoms with E-state index in [1.54, 1.807) is 19.1 Å². The topological polar surface area (TPSA) is 73.7 Å². The normalized spacial score (nSPS) is 12.7. The van der Waals surface area contributed by atoms with Gasteiger partial charge in [-0.1, -0.05) is 13.8 Å². The van der Waals surface area contributed by atoms with Gasteiger partial charge in [-0.25, -0.2) is 0 Å². The van der Waals surface area contributed by atoms with E-state index < -0.39 is 11.9 Å². The first-order valence-electron chi connectivity index (χ1n) is 6.04. The molecular weight excluding hydrogens is 232 g/mol. The highest BCUT2D eigenvalue weighted by molar-refractivity contribution is 5.69. The molecular formula is C13H20N2O3. The van der Waals surface area contributed by atoms with Gasteiger partial charge in [0, 0.05) is 18.8 Å². The number of aryl methyl sites for hydroxylation is 1. The van der Waals surface area contributed by atoms with Gasteiger partial charge in [0.2, 0.25) is 0 Å². The molecule has 100 valence electrons. The lowest BCUT2D eigenvalue weighted by Crippen LogP contribution is -2.31. The fourth-order valence-corrected chi connectivity index (χ4v) is 1.70. The molecule has 0 aliphatic carbocycles. The number of hydrogen-bond acceptors (Lipinski definition) is 4. The Hall–Kier alpha value is -1.62. The molecule has 1 rings (SSSR count). The van der Waals surface area contributed by atoms with E-state index in [1.165, 1.54) is 0 Å². The molecule has 0 aliphatic rings. The van der Waals surface area contributed by atoms with Gasteiger partial charge >= 0.3 is 5.97 Å². The predicted molar refractivity (Wildman–Crippen MR) is 68.4 cm³/mol. The molecule has 5 heteroatoms. The van der Waals surface area contributed by atoms with Crippen molar-refractivity contribution >= 4 is 5.97 Å². The molecule has 0 spiro atoms. The first-order chi connectivity index (χ1) is 8.43. The number of pyridine rings is 1. The van der Waals surface area contributed by atoms with E-state index in [4.69, 9.17) is 5.11 Å². The number of carboxylic acid groups (broad SMARTS) is 1. The molecule has 1 aromatic rings. The number of carbonyl (C=O) groups is 1. The second-order valence-electron chi connectivity index (χ2n) is 4.49.